The minimum Gasteiger partial charge on any atom is -0.494 e. The maximum Gasteiger partial charge on any atom is 0.294 e. The van der Waals surface area contributed by atoms with Gasteiger partial charge in [0.25, 0.3) is 11.1 Å². The molecule has 9 heteroatoms. The molecule has 1 N–H and O–H groups in total. The Morgan fingerprint density at radius 3 is 2.59 bits per heavy atom. The number of hydrogen-bond acceptors (Lipinski definition) is 6. The first-order chi connectivity index (χ1) is 16.4. The maximum absolute atomic E-state index is 12.9. The van der Waals surface area contributed by atoms with Gasteiger partial charge in [-0.3, -0.25) is 19.3 Å². The van der Waals surface area contributed by atoms with Crippen LogP contribution in [-0.4, -0.2) is 44.7 Å². The number of hydrogen-bond donors (Lipinski definition) is 1. The molecule has 174 valence electrons. The van der Waals surface area contributed by atoms with Gasteiger partial charge in [-0.2, -0.15) is 0 Å². The molecule has 3 aromatic rings. The molecule has 0 saturated carbocycles. The quantitative estimate of drug-likeness (QED) is 0.503. The van der Waals surface area contributed by atoms with Gasteiger partial charge in [0, 0.05) is 23.3 Å². The van der Waals surface area contributed by atoms with Crippen LogP contribution in [0.2, 0.25) is 0 Å². The predicted molar refractivity (Wildman–Crippen MR) is 132 cm³/mol. The molecule has 1 aliphatic heterocycles. The van der Waals surface area contributed by atoms with Crippen LogP contribution < -0.4 is 10.1 Å². The zero-order valence-electron chi connectivity index (χ0n) is 19.1. The zero-order chi connectivity index (χ0) is 24.2. The first-order valence-corrected chi connectivity index (χ1v) is 11.6. The number of aromatic nitrogens is 2. The van der Waals surface area contributed by atoms with Crippen molar-refractivity contribution in [2.24, 2.45) is 0 Å². The summed E-state index contributed by atoms with van der Waals surface area (Å²) in [4.78, 5) is 43.5. The summed E-state index contributed by atoms with van der Waals surface area (Å²) in [5.74, 6) is 0.524. The SMILES string of the molecule is CCOc1ccc(NC(=O)CN2C(=O)S/C(=C\c3cc(C)n(-c4ccccn4)c3C)C2=O)cc1. The summed E-state index contributed by atoms with van der Waals surface area (Å²) in [6, 6.07) is 14.5. The van der Waals surface area contributed by atoms with Gasteiger partial charge in [0.1, 0.15) is 18.1 Å². The summed E-state index contributed by atoms with van der Waals surface area (Å²) < 4.78 is 7.37. The van der Waals surface area contributed by atoms with Crippen LogP contribution in [0.25, 0.3) is 11.9 Å². The number of nitrogens with one attached hydrogen (secondary N) is 1. The van der Waals surface area contributed by atoms with E-state index in [1.165, 1.54) is 0 Å². The van der Waals surface area contributed by atoms with Gasteiger partial charge >= 0.3 is 0 Å². The molecular formula is C25H24N4O4S. The van der Waals surface area contributed by atoms with E-state index in [9.17, 15) is 14.4 Å². The molecular weight excluding hydrogens is 452 g/mol. The van der Waals surface area contributed by atoms with Gasteiger partial charge in [0.2, 0.25) is 5.91 Å². The molecule has 3 heterocycles. The van der Waals surface area contributed by atoms with Crippen LogP contribution in [0.5, 0.6) is 5.75 Å². The molecule has 1 fully saturated rings. The van der Waals surface area contributed by atoms with E-state index in [-0.39, 0.29) is 11.4 Å². The van der Waals surface area contributed by atoms with Gasteiger partial charge < -0.3 is 14.6 Å². The highest BCUT2D eigenvalue weighted by Gasteiger charge is 2.36. The minimum absolute atomic E-state index is 0.278. The van der Waals surface area contributed by atoms with E-state index >= 15 is 0 Å². The van der Waals surface area contributed by atoms with Gasteiger partial charge in [-0.05, 0) is 86.6 Å². The van der Waals surface area contributed by atoms with Crippen LogP contribution in [0, 0.1) is 13.8 Å². The Hall–Kier alpha value is -3.85. The first kappa shape index (κ1) is 23.3. The number of thioether (sulfide) groups is 1. The third-order valence-corrected chi connectivity index (χ3v) is 6.17. The van der Waals surface area contributed by atoms with Crippen molar-refractivity contribution < 1.29 is 19.1 Å². The standard InChI is InChI=1S/C25H24N4O4S/c1-4-33-20-10-8-19(9-11-20)27-23(30)15-28-24(31)21(34-25(28)32)14-18-13-16(2)29(17(18)3)22-7-5-6-12-26-22/h5-14H,4,15H2,1-3H3,(H,27,30)/b21-14-. The van der Waals surface area contributed by atoms with Crippen molar-refractivity contribution in [1.82, 2.24) is 14.5 Å². The fourth-order valence-corrected chi connectivity index (χ4v) is 4.52. The van der Waals surface area contributed by atoms with Gasteiger partial charge in [0.05, 0.1) is 11.5 Å². The highest BCUT2D eigenvalue weighted by atomic mass is 32.2. The van der Waals surface area contributed by atoms with Crippen LogP contribution in [0.1, 0.15) is 23.9 Å². The molecule has 1 aromatic carbocycles. The lowest BCUT2D eigenvalue weighted by atomic mass is 10.2. The van der Waals surface area contributed by atoms with Crippen molar-refractivity contribution >= 4 is 40.6 Å². The Bertz CT molecular complexity index is 1270. The van der Waals surface area contributed by atoms with Gasteiger partial charge in [0.15, 0.2) is 0 Å². The highest BCUT2D eigenvalue weighted by Crippen LogP contribution is 2.33. The number of pyridine rings is 1. The molecule has 0 unspecified atom stereocenters. The number of aryl methyl sites for hydroxylation is 1. The van der Waals surface area contributed by atoms with Gasteiger partial charge in [-0.25, -0.2) is 4.98 Å². The minimum atomic E-state index is -0.487. The van der Waals surface area contributed by atoms with Crippen LogP contribution in [-0.2, 0) is 9.59 Å². The lowest BCUT2D eigenvalue weighted by Gasteiger charge is -2.12. The van der Waals surface area contributed by atoms with Crippen LogP contribution in [0.15, 0.2) is 59.6 Å². The Kier molecular flexibility index (Phi) is 6.83. The Morgan fingerprint density at radius 2 is 1.91 bits per heavy atom. The number of nitrogens with zero attached hydrogens (tertiary/aromatic N) is 3. The predicted octanol–water partition coefficient (Wildman–Crippen LogP) is 4.56. The molecule has 1 saturated heterocycles. The second-order valence-electron chi connectivity index (χ2n) is 7.62. The van der Waals surface area contributed by atoms with Crippen LogP contribution in [0.3, 0.4) is 0 Å². The van der Waals surface area contributed by atoms with Crippen molar-refractivity contribution in [3.63, 3.8) is 0 Å². The van der Waals surface area contributed by atoms with E-state index in [0.717, 1.165) is 39.4 Å². The smallest absolute Gasteiger partial charge is 0.294 e. The summed E-state index contributed by atoms with van der Waals surface area (Å²) in [5.41, 5.74) is 3.22. The monoisotopic (exact) mass is 476 g/mol. The highest BCUT2D eigenvalue weighted by molar-refractivity contribution is 8.18. The van der Waals surface area contributed by atoms with E-state index in [4.69, 9.17) is 4.74 Å². The summed E-state index contributed by atoms with van der Waals surface area (Å²) >= 11 is 0.829. The number of rotatable bonds is 7. The van der Waals surface area contributed by atoms with E-state index < -0.39 is 17.1 Å². The zero-order valence-corrected chi connectivity index (χ0v) is 19.9. The number of benzene rings is 1. The van der Waals surface area contributed by atoms with Crippen molar-refractivity contribution in [2.45, 2.75) is 20.8 Å². The molecule has 2 aromatic heterocycles. The molecule has 0 bridgehead atoms. The summed E-state index contributed by atoms with van der Waals surface area (Å²) in [5, 5.41) is 2.23. The summed E-state index contributed by atoms with van der Waals surface area (Å²) in [6.45, 7) is 5.96. The fourth-order valence-electron chi connectivity index (χ4n) is 3.70. The topological polar surface area (TPSA) is 93.5 Å². The normalized spacial score (nSPS) is 14.7. The Morgan fingerprint density at radius 1 is 1.15 bits per heavy atom. The third kappa shape index (κ3) is 4.89. The first-order valence-electron chi connectivity index (χ1n) is 10.8. The molecule has 34 heavy (non-hydrogen) atoms. The third-order valence-electron chi connectivity index (χ3n) is 5.26. The fraction of sp³-hybridized carbons (Fsp3) is 0.200. The lowest BCUT2D eigenvalue weighted by molar-refractivity contribution is -0.127. The molecule has 3 amide bonds. The molecule has 8 nitrogen and oxygen atoms in total. The Labute approximate surface area is 201 Å². The molecule has 4 rings (SSSR count). The van der Waals surface area contributed by atoms with Crippen molar-refractivity contribution in [2.75, 3.05) is 18.5 Å². The number of amides is 3. The largest absolute Gasteiger partial charge is 0.494 e. The average molecular weight is 477 g/mol. The maximum atomic E-state index is 12.9. The Balaban J connectivity index is 1.47. The second kappa shape index (κ2) is 9.96. The van der Waals surface area contributed by atoms with Crippen molar-refractivity contribution in [3.05, 3.63) is 76.6 Å². The van der Waals surface area contributed by atoms with Crippen LogP contribution >= 0.6 is 11.8 Å². The van der Waals surface area contributed by atoms with Gasteiger partial charge in [-0.1, -0.05) is 6.07 Å². The van der Waals surface area contributed by atoms with E-state index in [1.807, 2.05) is 49.6 Å². The van der Waals surface area contributed by atoms with Crippen molar-refractivity contribution in [1.29, 1.82) is 0 Å². The number of imide groups is 1. The average Bonchev–Trinajstić information content (AvgIpc) is 3.25. The van der Waals surface area contributed by atoms with Gasteiger partial charge in [-0.15, -0.1) is 0 Å². The molecule has 0 spiro atoms. The number of carbonyl (C=O) groups is 3. The lowest BCUT2D eigenvalue weighted by Crippen LogP contribution is -2.36. The molecule has 0 radical (unpaired) electrons. The molecule has 0 aliphatic carbocycles. The summed E-state index contributed by atoms with van der Waals surface area (Å²) in [6.07, 6.45) is 3.41. The van der Waals surface area contributed by atoms with E-state index in [2.05, 4.69) is 10.3 Å². The molecule has 1 aliphatic rings. The van der Waals surface area contributed by atoms with Crippen molar-refractivity contribution in [3.8, 4) is 11.6 Å². The summed E-state index contributed by atoms with van der Waals surface area (Å²) in [7, 11) is 0. The van der Waals surface area contributed by atoms with E-state index in [1.54, 1.807) is 36.5 Å². The van der Waals surface area contributed by atoms with Crippen LogP contribution in [0.4, 0.5) is 10.5 Å². The molecule has 0 atom stereocenters. The number of carbonyl (C=O) groups excluding carboxylic acids is 3. The van der Waals surface area contributed by atoms with E-state index in [0.29, 0.717) is 18.0 Å². The number of ether oxygens (including phenoxy) is 1. The number of anilines is 1. The second-order valence-corrected chi connectivity index (χ2v) is 8.62.